The van der Waals surface area contributed by atoms with Gasteiger partial charge in [-0.05, 0) is 30.5 Å². The summed E-state index contributed by atoms with van der Waals surface area (Å²) in [6, 6.07) is 7.62. The van der Waals surface area contributed by atoms with Crippen LogP contribution in [0.2, 0.25) is 0 Å². The van der Waals surface area contributed by atoms with Gasteiger partial charge in [0.25, 0.3) is 0 Å². The molecule has 1 aliphatic rings. The van der Waals surface area contributed by atoms with Gasteiger partial charge >= 0.3 is 5.97 Å². The van der Waals surface area contributed by atoms with Gasteiger partial charge in [0.05, 0.1) is 12.2 Å². The fraction of sp³-hybridized carbons (Fsp3) is 0.706. The second-order valence-electron chi connectivity index (χ2n) is 11.1. The highest BCUT2D eigenvalue weighted by molar-refractivity contribution is 5.89. The summed E-state index contributed by atoms with van der Waals surface area (Å²) < 4.78 is 16.8. The molecule has 0 spiro atoms. The molecule has 0 saturated carbocycles. The Morgan fingerprint density at radius 2 is 1.30 bits per heavy atom. The summed E-state index contributed by atoms with van der Waals surface area (Å²) in [7, 11) is 1.63. The van der Waals surface area contributed by atoms with Crippen LogP contribution in [0.25, 0.3) is 0 Å². The number of methoxy groups -OCH3 is 1. The molecule has 1 atom stereocenters. The monoisotopic (exact) mass is 557 g/mol. The number of carbonyl (C=O) groups is 1. The molecule has 2 rings (SSSR count). The SMILES string of the molecule is CCCCCCCCCCCCCCCCOCC(COC(=O)c1ccc(CN2[CH]N(CCC)C=C2)cc1)OC. The number of rotatable bonds is 25. The lowest BCUT2D eigenvalue weighted by Crippen LogP contribution is -2.26. The summed E-state index contributed by atoms with van der Waals surface area (Å²) in [6.45, 7) is 9.71. The van der Waals surface area contributed by atoms with Crippen LogP contribution in [0.3, 0.4) is 0 Å². The zero-order valence-electron chi connectivity index (χ0n) is 25.8. The fourth-order valence-corrected chi connectivity index (χ4v) is 4.93. The highest BCUT2D eigenvalue weighted by Gasteiger charge is 2.15. The number of ether oxygens (including phenoxy) is 3. The maximum absolute atomic E-state index is 12.5. The van der Waals surface area contributed by atoms with Gasteiger partial charge in [-0.15, -0.1) is 0 Å². The van der Waals surface area contributed by atoms with Crippen LogP contribution in [-0.4, -0.2) is 55.3 Å². The van der Waals surface area contributed by atoms with Gasteiger partial charge in [-0.2, -0.15) is 0 Å². The largest absolute Gasteiger partial charge is 0.459 e. The molecule has 0 aliphatic carbocycles. The topological polar surface area (TPSA) is 51.2 Å². The van der Waals surface area contributed by atoms with E-state index in [0.717, 1.165) is 38.1 Å². The Balaban J connectivity index is 1.45. The van der Waals surface area contributed by atoms with Crippen molar-refractivity contribution in [2.75, 3.05) is 33.5 Å². The number of esters is 1. The molecule has 0 saturated heterocycles. The molecular formula is C34H57N2O4. The molecule has 1 aliphatic heterocycles. The van der Waals surface area contributed by atoms with E-state index in [4.69, 9.17) is 14.2 Å². The van der Waals surface area contributed by atoms with Crippen LogP contribution in [0, 0.1) is 6.67 Å². The minimum absolute atomic E-state index is 0.191. The van der Waals surface area contributed by atoms with Gasteiger partial charge in [0.1, 0.15) is 19.4 Å². The van der Waals surface area contributed by atoms with Gasteiger partial charge in [0.15, 0.2) is 0 Å². The molecule has 6 nitrogen and oxygen atoms in total. The number of benzene rings is 1. The van der Waals surface area contributed by atoms with E-state index in [0.29, 0.717) is 12.2 Å². The molecule has 40 heavy (non-hydrogen) atoms. The Hall–Kier alpha value is -2.05. The first kappa shape index (κ1) is 34.2. The number of nitrogens with zero attached hydrogens (tertiary/aromatic N) is 2. The molecule has 0 N–H and O–H groups in total. The van der Waals surface area contributed by atoms with E-state index < -0.39 is 0 Å². The van der Waals surface area contributed by atoms with Crippen LogP contribution in [0.1, 0.15) is 126 Å². The van der Waals surface area contributed by atoms with Crippen LogP contribution in [0.5, 0.6) is 0 Å². The molecule has 227 valence electrons. The van der Waals surface area contributed by atoms with Crippen LogP contribution in [0.4, 0.5) is 0 Å². The zero-order valence-corrected chi connectivity index (χ0v) is 25.8. The molecule has 1 heterocycles. The van der Waals surface area contributed by atoms with Crippen molar-refractivity contribution in [2.45, 2.75) is 123 Å². The third-order valence-electron chi connectivity index (χ3n) is 7.46. The van der Waals surface area contributed by atoms with Gasteiger partial charge < -0.3 is 24.0 Å². The normalized spacial score (nSPS) is 13.8. The zero-order chi connectivity index (χ0) is 28.7. The molecular weight excluding hydrogens is 500 g/mol. The predicted octanol–water partition coefficient (Wildman–Crippen LogP) is 8.47. The lowest BCUT2D eigenvalue weighted by molar-refractivity contribution is -0.0314. The van der Waals surface area contributed by atoms with E-state index in [1.165, 1.54) is 83.5 Å². The Labute approximate surface area is 245 Å². The molecule has 0 amide bonds. The van der Waals surface area contributed by atoms with E-state index in [1.807, 2.05) is 24.3 Å². The highest BCUT2D eigenvalue weighted by Crippen LogP contribution is 2.17. The Morgan fingerprint density at radius 1 is 0.725 bits per heavy atom. The standard InChI is InChI=1S/C34H57N2O4/c1-4-6-7-8-9-10-11-12-13-14-15-16-17-18-26-39-28-33(38-3)29-40-34(37)32-21-19-31(20-22-32)27-36-25-24-35(30-36)23-5-2/h19-22,24-25,30,33H,4-18,23,26-29H2,1-3H3. The second-order valence-corrected chi connectivity index (χ2v) is 11.1. The quantitative estimate of drug-likeness (QED) is 0.0888. The first-order valence-corrected chi connectivity index (χ1v) is 16.1. The van der Waals surface area contributed by atoms with Crippen molar-refractivity contribution in [2.24, 2.45) is 0 Å². The summed E-state index contributed by atoms with van der Waals surface area (Å²) in [6.07, 6.45) is 23.9. The predicted molar refractivity (Wildman–Crippen MR) is 165 cm³/mol. The lowest BCUT2D eigenvalue weighted by Gasteiger charge is -2.19. The third kappa shape index (κ3) is 15.7. The van der Waals surface area contributed by atoms with Crippen LogP contribution in [0.15, 0.2) is 36.7 Å². The van der Waals surface area contributed by atoms with E-state index in [2.05, 4.69) is 42.7 Å². The van der Waals surface area contributed by atoms with Crippen molar-refractivity contribution in [1.82, 2.24) is 9.80 Å². The van der Waals surface area contributed by atoms with E-state index >= 15 is 0 Å². The first-order valence-electron chi connectivity index (χ1n) is 16.1. The summed E-state index contributed by atoms with van der Waals surface area (Å²) in [5.41, 5.74) is 1.69. The van der Waals surface area contributed by atoms with Crippen molar-refractivity contribution in [3.8, 4) is 0 Å². The van der Waals surface area contributed by atoms with E-state index in [-0.39, 0.29) is 18.7 Å². The second kappa shape index (κ2) is 22.6. The average Bonchev–Trinajstić information content (AvgIpc) is 3.41. The number of carbonyl (C=O) groups excluding carboxylic acids is 1. The first-order chi connectivity index (χ1) is 19.7. The minimum atomic E-state index is -0.331. The van der Waals surface area contributed by atoms with Crippen molar-refractivity contribution < 1.29 is 19.0 Å². The molecule has 1 aromatic carbocycles. The molecule has 1 unspecified atom stereocenters. The van der Waals surface area contributed by atoms with Crippen LogP contribution >= 0.6 is 0 Å². The van der Waals surface area contributed by atoms with Gasteiger partial charge in [0, 0.05) is 39.2 Å². The molecule has 0 aromatic heterocycles. The smallest absolute Gasteiger partial charge is 0.338 e. The van der Waals surface area contributed by atoms with Crippen molar-refractivity contribution in [3.63, 3.8) is 0 Å². The summed E-state index contributed by atoms with van der Waals surface area (Å²) in [4.78, 5) is 16.8. The minimum Gasteiger partial charge on any atom is -0.459 e. The lowest BCUT2D eigenvalue weighted by atomic mass is 10.0. The summed E-state index contributed by atoms with van der Waals surface area (Å²) in [5, 5.41) is 0. The van der Waals surface area contributed by atoms with Gasteiger partial charge in [-0.3, -0.25) is 0 Å². The van der Waals surface area contributed by atoms with Gasteiger partial charge in [-0.25, -0.2) is 4.79 Å². The van der Waals surface area contributed by atoms with Crippen LogP contribution < -0.4 is 0 Å². The number of unbranched alkanes of at least 4 members (excludes halogenated alkanes) is 13. The number of hydrogen-bond donors (Lipinski definition) is 0. The van der Waals surface area contributed by atoms with Crippen molar-refractivity contribution >= 4 is 5.97 Å². The van der Waals surface area contributed by atoms with E-state index in [9.17, 15) is 4.79 Å². The van der Waals surface area contributed by atoms with Crippen LogP contribution in [-0.2, 0) is 20.8 Å². The third-order valence-corrected chi connectivity index (χ3v) is 7.46. The average molecular weight is 558 g/mol. The maximum atomic E-state index is 12.5. The molecule has 1 radical (unpaired) electrons. The Bertz CT molecular complexity index is 783. The summed E-state index contributed by atoms with van der Waals surface area (Å²) in [5.74, 6) is -0.331. The highest BCUT2D eigenvalue weighted by atomic mass is 16.6. The molecule has 6 heteroatoms. The Kier molecular flexibility index (Phi) is 19.3. The fourth-order valence-electron chi connectivity index (χ4n) is 4.93. The van der Waals surface area contributed by atoms with Gasteiger partial charge in [-0.1, -0.05) is 109 Å². The number of hydrogen-bond acceptors (Lipinski definition) is 6. The maximum Gasteiger partial charge on any atom is 0.338 e. The van der Waals surface area contributed by atoms with E-state index in [1.54, 1.807) is 7.11 Å². The molecule has 1 aromatic rings. The Morgan fingerprint density at radius 3 is 1.88 bits per heavy atom. The molecule has 0 fully saturated rings. The van der Waals surface area contributed by atoms with Gasteiger partial charge in [0.2, 0.25) is 0 Å². The summed E-state index contributed by atoms with van der Waals surface area (Å²) >= 11 is 0. The van der Waals surface area contributed by atoms with Crippen molar-refractivity contribution in [3.05, 3.63) is 54.5 Å². The molecule has 0 bridgehead atoms. The van der Waals surface area contributed by atoms with Crippen molar-refractivity contribution in [1.29, 1.82) is 0 Å².